The van der Waals surface area contributed by atoms with Gasteiger partial charge in [0, 0.05) is 18.0 Å². The molecule has 1 aromatic carbocycles. The van der Waals surface area contributed by atoms with Gasteiger partial charge in [0.05, 0.1) is 18.7 Å². The number of pyridine rings is 1. The van der Waals surface area contributed by atoms with Crippen molar-refractivity contribution in [1.82, 2.24) is 4.98 Å². The number of benzene rings is 1. The van der Waals surface area contributed by atoms with Crippen LogP contribution in [-0.2, 0) is 14.4 Å². The number of nitrogens with zero attached hydrogens (tertiary/aromatic N) is 1. The molecular formula is C19H18ClN3O5. The molecular weight excluding hydrogens is 386 g/mol. The number of anilines is 2. The smallest absolute Gasteiger partial charge is 0.305 e. The maximum absolute atomic E-state index is 12.7. The van der Waals surface area contributed by atoms with Gasteiger partial charge in [-0.15, -0.1) is 0 Å². The molecule has 0 spiro atoms. The molecule has 0 saturated heterocycles. The van der Waals surface area contributed by atoms with E-state index in [-0.39, 0.29) is 24.8 Å². The van der Waals surface area contributed by atoms with Gasteiger partial charge in [-0.3, -0.25) is 19.9 Å². The number of para-hydroxylation sites is 1. The highest BCUT2D eigenvalue weighted by molar-refractivity contribution is 6.30. The van der Waals surface area contributed by atoms with Gasteiger partial charge in [-0.1, -0.05) is 23.7 Å². The molecule has 0 aliphatic rings. The van der Waals surface area contributed by atoms with E-state index in [1.807, 2.05) is 6.07 Å². The van der Waals surface area contributed by atoms with Crippen molar-refractivity contribution >= 4 is 46.0 Å². The maximum atomic E-state index is 12.7. The molecule has 3 aromatic rings. The topological polar surface area (TPSA) is 103 Å². The molecule has 0 saturated carbocycles. The van der Waals surface area contributed by atoms with Crippen molar-refractivity contribution in [2.45, 2.75) is 12.8 Å². The van der Waals surface area contributed by atoms with Crippen LogP contribution in [0.2, 0.25) is 5.02 Å². The fourth-order valence-corrected chi connectivity index (χ4v) is 2.56. The summed E-state index contributed by atoms with van der Waals surface area (Å²) >= 11 is 5.81. The minimum Gasteiger partial charge on any atom is -0.469 e. The summed E-state index contributed by atoms with van der Waals surface area (Å²) in [4.78, 5) is 33.3. The third kappa shape index (κ3) is 4.79. The van der Waals surface area contributed by atoms with Crippen molar-refractivity contribution in [1.29, 1.82) is 0 Å². The van der Waals surface area contributed by atoms with Crippen molar-refractivity contribution < 1.29 is 23.6 Å². The van der Waals surface area contributed by atoms with Crippen molar-refractivity contribution in [3.63, 3.8) is 0 Å². The number of esters is 1. The first-order chi connectivity index (χ1) is 13.6. The summed E-state index contributed by atoms with van der Waals surface area (Å²) in [7, 11) is 1.33. The molecule has 1 amide bonds. The molecule has 8 nitrogen and oxygen atoms in total. The average molecular weight is 404 g/mol. The zero-order valence-electron chi connectivity index (χ0n) is 15.0. The zero-order chi connectivity index (χ0) is 19.9. The van der Waals surface area contributed by atoms with Crippen LogP contribution in [0.15, 0.2) is 47.0 Å². The summed E-state index contributed by atoms with van der Waals surface area (Å²) in [5.74, 6) is -0.426. The summed E-state index contributed by atoms with van der Waals surface area (Å²) in [6, 6.07) is 10.4. The van der Waals surface area contributed by atoms with Crippen LogP contribution in [0.1, 0.15) is 23.4 Å². The van der Waals surface area contributed by atoms with Gasteiger partial charge < -0.3 is 14.5 Å². The predicted molar refractivity (Wildman–Crippen MR) is 104 cm³/mol. The van der Waals surface area contributed by atoms with E-state index in [0.717, 1.165) is 0 Å². The van der Waals surface area contributed by atoms with E-state index in [4.69, 9.17) is 20.9 Å². The number of nitrogens with one attached hydrogen (secondary N) is 2. The lowest BCUT2D eigenvalue weighted by molar-refractivity contribution is -0.140. The fourth-order valence-electron chi connectivity index (χ4n) is 2.44. The largest absolute Gasteiger partial charge is 0.469 e. The van der Waals surface area contributed by atoms with Gasteiger partial charge >= 0.3 is 5.97 Å². The van der Waals surface area contributed by atoms with Crippen molar-refractivity contribution in [3.05, 3.63) is 53.4 Å². The molecule has 0 unspecified atom stereocenters. The molecule has 0 aliphatic carbocycles. The Morgan fingerprint density at radius 3 is 2.79 bits per heavy atom. The Balaban J connectivity index is 1.73. The number of ether oxygens (including phenoxy) is 1. The van der Waals surface area contributed by atoms with Crippen LogP contribution in [0.5, 0.6) is 0 Å². The zero-order valence-corrected chi connectivity index (χ0v) is 15.8. The average Bonchev–Trinajstić information content (AvgIpc) is 3.08. The van der Waals surface area contributed by atoms with Crippen LogP contribution >= 0.6 is 11.6 Å². The third-order valence-electron chi connectivity index (χ3n) is 3.80. The minimum absolute atomic E-state index is 0.0471. The van der Waals surface area contributed by atoms with E-state index >= 15 is 0 Å². The summed E-state index contributed by atoms with van der Waals surface area (Å²) in [5, 5.41) is 3.80. The first kappa shape index (κ1) is 19.7. The Morgan fingerprint density at radius 2 is 2.04 bits per heavy atom. The summed E-state index contributed by atoms with van der Waals surface area (Å²) in [6.45, 7) is 0.244. The number of hydrogen-bond acceptors (Lipinski definition) is 7. The first-order valence-corrected chi connectivity index (χ1v) is 8.85. The molecule has 0 bridgehead atoms. The van der Waals surface area contributed by atoms with E-state index in [0.29, 0.717) is 33.9 Å². The standard InChI is InChI=1S/C19H18ClN3O5/c1-26-16(24)7-4-10-27-23-17-13-5-2-3-6-14(13)28-18(17)19(25)22-15-9-8-12(20)11-21-15/h2-3,5-6,8-9,11,23H,4,7,10H2,1H3,(H,21,22,25). The maximum Gasteiger partial charge on any atom is 0.305 e. The van der Waals surface area contributed by atoms with Gasteiger partial charge in [0.15, 0.2) is 0 Å². The second-order valence-corrected chi connectivity index (χ2v) is 6.18. The lowest BCUT2D eigenvalue weighted by Crippen LogP contribution is -2.15. The van der Waals surface area contributed by atoms with Crippen molar-refractivity contribution in [3.8, 4) is 0 Å². The van der Waals surface area contributed by atoms with Gasteiger partial charge in [0.2, 0.25) is 5.76 Å². The lowest BCUT2D eigenvalue weighted by Gasteiger charge is -2.08. The van der Waals surface area contributed by atoms with Crippen molar-refractivity contribution in [2.75, 3.05) is 24.5 Å². The van der Waals surface area contributed by atoms with E-state index in [9.17, 15) is 9.59 Å². The molecule has 28 heavy (non-hydrogen) atoms. The number of rotatable bonds is 8. The molecule has 146 valence electrons. The molecule has 9 heteroatoms. The Morgan fingerprint density at radius 1 is 1.21 bits per heavy atom. The molecule has 2 N–H and O–H groups in total. The SMILES string of the molecule is COC(=O)CCCONc1c(C(=O)Nc2ccc(Cl)cn2)oc2ccccc12. The van der Waals surface area contributed by atoms with Crippen molar-refractivity contribution in [2.24, 2.45) is 0 Å². The highest BCUT2D eigenvalue weighted by Crippen LogP contribution is 2.31. The Bertz CT molecular complexity index is 971. The van der Waals surface area contributed by atoms with E-state index in [1.54, 1.807) is 30.3 Å². The van der Waals surface area contributed by atoms with Gasteiger partial charge in [-0.05, 0) is 30.7 Å². The summed E-state index contributed by atoms with van der Waals surface area (Å²) < 4.78 is 10.3. The lowest BCUT2D eigenvalue weighted by atomic mass is 10.2. The summed E-state index contributed by atoms with van der Waals surface area (Å²) in [5.41, 5.74) is 3.67. The molecule has 2 aromatic heterocycles. The second-order valence-electron chi connectivity index (χ2n) is 5.75. The molecule has 0 fully saturated rings. The monoisotopic (exact) mass is 403 g/mol. The first-order valence-electron chi connectivity index (χ1n) is 8.47. The van der Waals surface area contributed by atoms with Crippen LogP contribution in [0.4, 0.5) is 11.5 Å². The molecule has 0 atom stereocenters. The number of methoxy groups -OCH3 is 1. The highest BCUT2D eigenvalue weighted by atomic mass is 35.5. The number of amides is 1. The number of hydrogen-bond donors (Lipinski definition) is 2. The normalized spacial score (nSPS) is 10.6. The number of halogens is 1. The molecule has 2 heterocycles. The van der Waals surface area contributed by atoms with Gasteiger partial charge in [-0.2, -0.15) is 0 Å². The number of fused-ring (bicyclic) bond motifs is 1. The second kappa shape index (κ2) is 9.20. The van der Waals surface area contributed by atoms with Gasteiger partial charge in [-0.25, -0.2) is 4.98 Å². The number of carbonyl (C=O) groups is 2. The summed E-state index contributed by atoms with van der Waals surface area (Å²) in [6.07, 6.45) is 2.13. The number of furan rings is 1. The Labute approximate surface area is 165 Å². The van der Waals surface area contributed by atoms with E-state index in [1.165, 1.54) is 13.3 Å². The molecule has 0 aliphatic heterocycles. The van der Waals surface area contributed by atoms with Gasteiger partial charge in [0.25, 0.3) is 5.91 Å². The Kier molecular flexibility index (Phi) is 6.46. The molecule has 3 rings (SSSR count). The fraction of sp³-hybridized carbons (Fsp3) is 0.211. The van der Waals surface area contributed by atoms with Crippen LogP contribution in [0, 0.1) is 0 Å². The van der Waals surface area contributed by atoms with Crippen LogP contribution in [0.25, 0.3) is 11.0 Å². The third-order valence-corrected chi connectivity index (χ3v) is 4.02. The molecule has 0 radical (unpaired) electrons. The van der Waals surface area contributed by atoms with Crippen LogP contribution in [0.3, 0.4) is 0 Å². The number of carbonyl (C=O) groups excluding carboxylic acids is 2. The van der Waals surface area contributed by atoms with Crippen LogP contribution < -0.4 is 10.8 Å². The van der Waals surface area contributed by atoms with E-state index in [2.05, 4.69) is 20.5 Å². The highest BCUT2D eigenvalue weighted by Gasteiger charge is 2.21. The van der Waals surface area contributed by atoms with Crippen LogP contribution in [-0.4, -0.2) is 30.6 Å². The Hall–Kier alpha value is -3.10. The quantitative estimate of drug-likeness (QED) is 0.332. The van der Waals surface area contributed by atoms with E-state index < -0.39 is 5.91 Å². The predicted octanol–water partition coefficient (Wildman–Crippen LogP) is 4.03. The number of aromatic nitrogens is 1. The van der Waals surface area contributed by atoms with Gasteiger partial charge in [0.1, 0.15) is 17.1 Å². The minimum atomic E-state index is -0.494.